The maximum atomic E-state index is 12.6. The van der Waals surface area contributed by atoms with E-state index in [-0.39, 0.29) is 35.1 Å². The van der Waals surface area contributed by atoms with E-state index in [9.17, 15) is 13.2 Å². The molecule has 2 fully saturated rings. The van der Waals surface area contributed by atoms with Crippen LogP contribution in [0.4, 0.5) is 5.69 Å². The molecule has 0 spiro atoms. The minimum atomic E-state index is -3.14. The van der Waals surface area contributed by atoms with E-state index in [0.29, 0.717) is 20.9 Å². The molecular formula is C20H18Cl2N2O3S2. The summed E-state index contributed by atoms with van der Waals surface area (Å²) in [5.74, 6) is -0.208. The minimum Gasteiger partial charge on any atom is -0.314 e. The summed E-state index contributed by atoms with van der Waals surface area (Å²) in [4.78, 5) is 18.8. The summed E-state index contributed by atoms with van der Waals surface area (Å²) in [6, 6.07) is 12.4. The molecule has 0 aromatic heterocycles. The third-order valence-corrected chi connectivity index (χ3v) is 8.64. The number of amidine groups is 1. The third kappa shape index (κ3) is 4.48. The first kappa shape index (κ1) is 20.7. The van der Waals surface area contributed by atoms with Crippen molar-refractivity contribution in [1.82, 2.24) is 0 Å². The molecule has 9 heteroatoms. The average molecular weight is 469 g/mol. The molecule has 2 aliphatic heterocycles. The molecule has 29 heavy (non-hydrogen) atoms. The molecule has 4 rings (SSSR count). The lowest BCUT2D eigenvalue weighted by Crippen LogP contribution is -2.38. The summed E-state index contributed by atoms with van der Waals surface area (Å²) < 4.78 is 24.3. The second-order valence-corrected chi connectivity index (χ2v) is 11.4. The first-order chi connectivity index (χ1) is 13.7. The molecular weight excluding hydrogens is 451 g/mol. The normalized spacial score (nSPS) is 24.1. The van der Waals surface area contributed by atoms with Crippen molar-refractivity contribution in [2.24, 2.45) is 4.99 Å². The van der Waals surface area contributed by atoms with Gasteiger partial charge >= 0.3 is 0 Å². The summed E-state index contributed by atoms with van der Waals surface area (Å²) in [6.07, 6.45) is 0.182. The third-order valence-electron chi connectivity index (χ3n) is 4.89. The Bertz CT molecular complexity index is 1120. The highest BCUT2D eigenvalue weighted by atomic mass is 35.5. The molecule has 0 saturated carbocycles. The van der Waals surface area contributed by atoms with Gasteiger partial charge in [-0.25, -0.2) is 8.42 Å². The van der Waals surface area contributed by atoms with Crippen molar-refractivity contribution in [3.63, 3.8) is 0 Å². The lowest BCUT2D eigenvalue weighted by atomic mass is 10.1. The Kier molecular flexibility index (Phi) is 5.68. The van der Waals surface area contributed by atoms with Crippen molar-refractivity contribution in [2.45, 2.75) is 24.6 Å². The van der Waals surface area contributed by atoms with E-state index in [1.807, 2.05) is 31.2 Å². The summed E-state index contributed by atoms with van der Waals surface area (Å²) in [7, 11) is -3.14. The Morgan fingerprint density at radius 2 is 2.00 bits per heavy atom. The largest absolute Gasteiger partial charge is 0.314 e. The van der Waals surface area contributed by atoms with Gasteiger partial charge in [-0.3, -0.25) is 4.79 Å². The topological polar surface area (TPSA) is 66.8 Å². The van der Waals surface area contributed by atoms with Gasteiger partial charge in [0.15, 0.2) is 15.0 Å². The van der Waals surface area contributed by atoms with Crippen LogP contribution in [0, 0.1) is 6.92 Å². The fraction of sp³-hybridized carbons (Fsp3) is 0.300. The molecule has 1 amide bonds. The van der Waals surface area contributed by atoms with Crippen LogP contribution in [0.3, 0.4) is 0 Å². The van der Waals surface area contributed by atoms with Gasteiger partial charge < -0.3 is 4.90 Å². The number of benzene rings is 2. The fourth-order valence-electron chi connectivity index (χ4n) is 3.67. The van der Waals surface area contributed by atoms with Crippen LogP contribution < -0.4 is 4.90 Å². The van der Waals surface area contributed by atoms with Gasteiger partial charge in [0, 0.05) is 10.3 Å². The standard InChI is InChI=1S/C20H18Cl2N2O3S2/c1-12-3-2-4-13(7-12)8-19(25)23-20-24(16-6-5-14(21)9-15(16)22)17-10-29(26,27)11-18(17)28-20/h2-7,9,17-18H,8,10-11H2,1H3/t17-,18-/m0/s1. The van der Waals surface area contributed by atoms with Gasteiger partial charge in [0.1, 0.15) is 0 Å². The number of sulfone groups is 1. The van der Waals surface area contributed by atoms with Crippen LogP contribution in [-0.2, 0) is 21.1 Å². The van der Waals surface area contributed by atoms with Gasteiger partial charge in [0.05, 0.1) is 34.7 Å². The number of hydrogen-bond acceptors (Lipinski definition) is 4. The van der Waals surface area contributed by atoms with Gasteiger partial charge in [0.2, 0.25) is 0 Å². The number of halogens is 2. The monoisotopic (exact) mass is 468 g/mol. The van der Waals surface area contributed by atoms with Crippen molar-refractivity contribution >= 4 is 61.6 Å². The Morgan fingerprint density at radius 1 is 1.21 bits per heavy atom. The van der Waals surface area contributed by atoms with Crippen LogP contribution >= 0.6 is 35.0 Å². The zero-order valence-corrected chi connectivity index (χ0v) is 18.7. The van der Waals surface area contributed by atoms with Gasteiger partial charge in [-0.15, -0.1) is 0 Å². The molecule has 2 heterocycles. The Labute approximate surface area is 184 Å². The van der Waals surface area contributed by atoms with Crippen LogP contribution in [0.15, 0.2) is 47.5 Å². The quantitative estimate of drug-likeness (QED) is 0.676. The highest BCUT2D eigenvalue weighted by Gasteiger charge is 2.49. The summed E-state index contributed by atoms with van der Waals surface area (Å²) in [5.41, 5.74) is 2.57. The first-order valence-corrected chi connectivity index (χ1v) is 12.5. The Morgan fingerprint density at radius 3 is 2.72 bits per heavy atom. The number of carbonyl (C=O) groups excluding carboxylic acids is 1. The van der Waals surface area contributed by atoms with Crippen LogP contribution in [0.2, 0.25) is 10.0 Å². The number of nitrogens with zero attached hydrogens (tertiary/aromatic N) is 2. The second-order valence-electron chi connectivity index (χ2n) is 7.22. The van der Waals surface area contributed by atoms with Gasteiger partial charge in [-0.1, -0.05) is 64.8 Å². The number of anilines is 1. The molecule has 2 aliphatic rings. The summed E-state index contributed by atoms with van der Waals surface area (Å²) in [5, 5.41) is 1.17. The minimum absolute atomic E-state index is 0.00864. The number of amides is 1. The number of aryl methyl sites for hydroxylation is 1. The zero-order valence-electron chi connectivity index (χ0n) is 15.5. The Hall–Kier alpha value is -1.54. The number of aliphatic imine (C=N–C) groups is 1. The molecule has 2 atom stereocenters. The summed E-state index contributed by atoms with van der Waals surface area (Å²) in [6.45, 7) is 1.97. The molecule has 2 saturated heterocycles. The van der Waals surface area contributed by atoms with Crippen molar-refractivity contribution < 1.29 is 13.2 Å². The maximum absolute atomic E-state index is 12.6. The van der Waals surface area contributed by atoms with E-state index >= 15 is 0 Å². The van der Waals surface area contributed by atoms with E-state index in [2.05, 4.69) is 4.99 Å². The van der Waals surface area contributed by atoms with E-state index in [1.54, 1.807) is 23.1 Å². The SMILES string of the molecule is Cc1cccc(CC(=O)N=C2S[C@H]3CS(=O)(=O)C[C@@H]3N2c2ccc(Cl)cc2Cl)c1. The molecule has 2 aromatic rings. The Balaban J connectivity index is 1.67. The van der Waals surface area contributed by atoms with Gasteiger partial charge in [-0.05, 0) is 30.7 Å². The molecule has 2 aromatic carbocycles. The van der Waals surface area contributed by atoms with Crippen LogP contribution in [0.5, 0.6) is 0 Å². The average Bonchev–Trinajstić information content (AvgIpc) is 3.06. The highest BCUT2D eigenvalue weighted by Crippen LogP contribution is 2.43. The summed E-state index contributed by atoms with van der Waals surface area (Å²) >= 11 is 13.7. The number of fused-ring (bicyclic) bond motifs is 1. The van der Waals surface area contributed by atoms with E-state index in [1.165, 1.54) is 11.8 Å². The van der Waals surface area contributed by atoms with E-state index in [0.717, 1.165) is 11.1 Å². The van der Waals surface area contributed by atoms with Crippen LogP contribution in [0.1, 0.15) is 11.1 Å². The maximum Gasteiger partial charge on any atom is 0.252 e. The molecule has 0 bridgehead atoms. The number of hydrogen-bond donors (Lipinski definition) is 0. The number of thioether (sulfide) groups is 1. The van der Waals surface area contributed by atoms with Gasteiger partial charge in [0.25, 0.3) is 5.91 Å². The zero-order chi connectivity index (χ0) is 20.8. The predicted molar refractivity (Wildman–Crippen MR) is 120 cm³/mol. The molecule has 0 aliphatic carbocycles. The van der Waals surface area contributed by atoms with Crippen LogP contribution in [0.25, 0.3) is 0 Å². The second kappa shape index (κ2) is 7.95. The molecule has 0 unspecified atom stereocenters. The molecule has 0 radical (unpaired) electrons. The number of carbonyl (C=O) groups is 1. The van der Waals surface area contributed by atoms with Crippen LogP contribution in [-0.4, -0.2) is 42.3 Å². The molecule has 5 nitrogen and oxygen atoms in total. The van der Waals surface area contributed by atoms with Crippen molar-refractivity contribution in [1.29, 1.82) is 0 Å². The van der Waals surface area contributed by atoms with Gasteiger partial charge in [-0.2, -0.15) is 4.99 Å². The lowest BCUT2D eigenvalue weighted by molar-refractivity contribution is -0.117. The van der Waals surface area contributed by atoms with Crippen molar-refractivity contribution in [3.8, 4) is 0 Å². The molecule has 152 valence electrons. The fourth-order valence-corrected chi connectivity index (χ4v) is 8.09. The predicted octanol–water partition coefficient (Wildman–Crippen LogP) is 4.15. The lowest BCUT2D eigenvalue weighted by Gasteiger charge is -2.25. The molecule has 0 N–H and O–H groups in total. The van der Waals surface area contributed by atoms with Crippen molar-refractivity contribution in [3.05, 3.63) is 63.6 Å². The van der Waals surface area contributed by atoms with Crippen molar-refractivity contribution in [2.75, 3.05) is 16.4 Å². The first-order valence-electron chi connectivity index (χ1n) is 9.00. The smallest absolute Gasteiger partial charge is 0.252 e. The van der Waals surface area contributed by atoms with E-state index in [4.69, 9.17) is 23.2 Å². The van der Waals surface area contributed by atoms with E-state index < -0.39 is 9.84 Å². The number of rotatable bonds is 3. The highest BCUT2D eigenvalue weighted by molar-refractivity contribution is 8.16.